The maximum Gasteiger partial charge on any atom is 0.317 e. The number of esters is 2. The Hall–Kier alpha value is -9.79. The first-order valence-electron chi connectivity index (χ1n) is 30.5. The number of nitrogens with one attached hydrogen (secondary N) is 5. The van der Waals surface area contributed by atoms with E-state index in [4.69, 9.17) is 89.8 Å². The third kappa shape index (κ3) is 16.9. The fourth-order valence-corrected chi connectivity index (χ4v) is 12.6. The van der Waals surface area contributed by atoms with Crippen LogP contribution in [0.3, 0.4) is 0 Å². The molecule has 6 amide bonds. The molecule has 0 heterocycles. The molecule has 516 valence electrons. The Morgan fingerprint density at radius 1 is 0.449 bits per heavy atom. The van der Waals surface area contributed by atoms with Gasteiger partial charge in [0, 0.05) is 23.2 Å². The summed E-state index contributed by atoms with van der Waals surface area (Å²) in [5.74, 6) is -3.97. The number of hydrogen-bond acceptors (Lipinski definition) is 18. The van der Waals surface area contributed by atoms with Gasteiger partial charge in [0.1, 0.15) is 48.2 Å². The number of hydroxylamine groups is 4. The molecule has 98 heavy (non-hydrogen) atoms. The van der Waals surface area contributed by atoms with Crippen molar-refractivity contribution in [1.29, 1.82) is 0 Å². The highest BCUT2D eigenvalue weighted by Crippen LogP contribution is 2.58. The Bertz CT molecular complexity index is 4020. The van der Waals surface area contributed by atoms with Crippen LogP contribution in [-0.2, 0) is 91.3 Å². The lowest BCUT2D eigenvalue weighted by molar-refractivity contribution is -0.149. The minimum absolute atomic E-state index is 0.211. The van der Waals surface area contributed by atoms with Gasteiger partial charge < -0.3 is 39.5 Å². The Balaban J connectivity index is 0.000000169. The van der Waals surface area contributed by atoms with Gasteiger partial charge in [-0.3, -0.25) is 59.2 Å². The van der Waals surface area contributed by atoms with Crippen molar-refractivity contribution >= 4 is 82.2 Å². The van der Waals surface area contributed by atoms with Gasteiger partial charge in [0.05, 0.1) is 71.3 Å². The van der Waals surface area contributed by atoms with Gasteiger partial charge in [-0.05, 0) is 127 Å². The summed E-state index contributed by atoms with van der Waals surface area (Å²) in [6.07, 6.45) is 2.06. The Morgan fingerprint density at radius 3 is 1.43 bits per heavy atom. The summed E-state index contributed by atoms with van der Waals surface area (Å²) in [7, 11) is 5.63. The average Bonchev–Trinajstić information content (AvgIpc) is 1.58. The van der Waals surface area contributed by atoms with E-state index < -0.39 is 86.8 Å². The molecule has 11 rings (SSSR count). The molecule has 8 atom stereocenters. The van der Waals surface area contributed by atoms with E-state index in [-0.39, 0.29) is 18.9 Å². The van der Waals surface area contributed by atoms with Gasteiger partial charge in [-0.2, -0.15) is 0 Å². The molecule has 0 radical (unpaired) electrons. The van der Waals surface area contributed by atoms with Crippen LogP contribution in [0.15, 0.2) is 170 Å². The second-order valence-electron chi connectivity index (χ2n) is 23.7. The largest absolute Gasteiger partial charge is 0.497 e. The van der Waals surface area contributed by atoms with Crippen LogP contribution < -0.4 is 51.9 Å². The highest BCUT2D eigenvalue weighted by Gasteiger charge is 2.67. The lowest BCUT2D eigenvalue weighted by Gasteiger charge is -2.16. The van der Waals surface area contributed by atoms with Gasteiger partial charge in [-0.25, -0.2) is 21.9 Å². The molecule has 0 aromatic heterocycles. The van der Waals surface area contributed by atoms with Gasteiger partial charge in [-0.15, -0.1) is 0 Å². The normalized spacial score (nSPS) is 21.6. The minimum atomic E-state index is -1.08. The molecule has 0 spiro atoms. The van der Waals surface area contributed by atoms with Gasteiger partial charge in [-0.1, -0.05) is 144 Å². The molecule has 0 saturated heterocycles. The number of benzene rings is 7. The summed E-state index contributed by atoms with van der Waals surface area (Å²) < 4.78 is 32.1. The molecule has 4 fully saturated rings. The highest BCUT2D eigenvalue weighted by molar-refractivity contribution is 6.42. The molecule has 24 nitrogen and oxygen atoms in total. The predicted molar refractivity (Wildman–Crippen MR) is 355 cm³/mol. The number of hydrogen-bond donors (Lipinski definition) is 10. The second kappa shape index (κ2) is 33.0. The summed E-state index contributed by atoms with van der Waals surface area (Å²) in [5.41, 5.74) is 13.7. The van der Waals surface area contributed by atoms with Crippen molar-refractivity contribution in [3.63, 3.8) is 0 Å². The van der Waals surface area contributed by atoms with Crippen molar-refractivity contribution in [2.75, 3.05) is 28.4 Å². The predicted octanol–water partition coefficient (Wildman–Crippen LogP) is 8.66. The minimum Gasteiger partial charge on any atom is -0.497 e. The molecule has 0 bridgehead atoms. The summed E-state index contributed by atoms with van der Waals surface area (Å²) in [4.78, 5) is 95.0. The van der Waals surface area contributed by atoms with Crippen LogP contribution in [0.2, 0.25) is 15.1 Å². The molecule has 27 heteroatoms. The summed E-state index contributed by atoms with van der Waals surface area (Å²) in [6.45, 7) is 1.03. The maximum absolute atomic E-state index is 12.3. The number of carbonyl (C=O) groups excluding carboxylic acids is 8. The molecule has 0 unspecified atom stereocenters. The third-order valence-electron chi connectivity index (χ3n) is 17.9. The van der Waals surface area contributed by atoms with E-state index in [1.807, 2.05) is 91.0 Å². The number of carbonyl (C=O) groups is 8. The van der Waals surface area contributed by atoms with Crippen LogP contribution in [0.1, 0.15) is 64.6 Å². The number of primary amides is 1. The van der Waals surface area contributed by atoms with Crippen LogP contribution in [0.5, 0.6) is 23.0 Å². The molecular weight excluding hydrogens is 1330 g/mol. The molecule has 7 aromatic carbocycles. The molecule has 11 N–H and O–H groups in total. The van der Waals surface area contributed by atoms with E-state index in [2.05, 4.69) is 5.32 Å². The van der Waals surface area contributed by atoms with E-state index in [0.29, 0.717) is 94.5 Å². The van der Waals surface area contributed by atoms with Gasteiger partial charge >= 0.3 is 11.9 Å². The zero-order valence-corrected chi connectivity index (χ0v) is 55.8. The Kier molecular flexibility index (Phi) is 24.9. The van der Waals surface area contributed by atoms with Crippen LogP contribution in [-0.4, -0.2) is 96.6 Å². The fraction of sp³-hybridized carbons (Fsp3) is 0.296. The molecule has 0 aliphatic heterocycles. The van der Waals surface area contributed by atoms with Crippen LogP contribution in [0.4, 0.5) is 0 Å². The molecule has 7 aromatic rings. The number of nitrogens with two attached hydrogens (primary N) is 1. The number of ether oxygens (including phenoxy) is 6. The number of rotatable bonds is 24. The maximum atomic E-state index is 12.3. The Morgan fingerprint density at radius 2 is 0.888 bits per heavy atom. The molecule has 4 aliphatic rings. The van der Waals surface area contributed by atoms with E-state index in [1.54, 1.807) is 101 Å². The van der Waals surface area contributed by atoms with E-state index in [1.165, 1.54) is 28.4 Å². The van der Waals surface area contributed by atoms with Crippen molar-refractivity contribution in [1.82, 2.24) is 27.2 Å². The highest BCUT2D eigenvalue weighted by atomic mass is 35.5. The van der Waals surface area contributed by atoms with Gasteiger partial charge in [0.2, 0.25) is 35.4 Å². The van der Waals surface area contributed by atoms with Crippen molar-refractivity contribution in [2.24, 2.45) is 40.2 Å². The first kappa shape index (κ1) is 74.0. The van der Waals surface area contributed by atoms with Crippen molar-refractivity contribution in [2.45, 2.75) is 69.2 Å². The van der Waals surface area contributed by atoms with Crippen molar-refractivity contribution < 1.29 is 87.6 Å². The zero-order valence-electron chi connectivity index (χ0n) is 53.6. The Labute approximate surface area is 578 Å². The first-order valence-corrected chi connectivity index (χ1v) is 31.7. The van der Waals surface area contributed by atoms with Crippen LogP contribution in [0, 0.1) is 34.5 Å². The van der Waals surface area contributed by atoms with E-state index in [9.17, 15) is 38.4 Å². The molecular formula is C71H73Cl3N6O18. The van der Waals surface area contributed by atoms with Gasteiger partial charge in [0.15, 0.2) is 0 Å². The van der Waals surface area contributed by atoms with Crippen molar-refractivity contribution in [3.8, 4) is 23.0 Å². The lowest BCUT2D eigenvalue weighted by atomic mass is 9.92. The third-order valence-corrected chi connectivity index (χ3v) is 19.1. The lowest BCUT2D eigenvalue weighted by Crippen LogP contribution is -2.35. The summed E-state index contributed by atoms with van der Waals surface area (Å²) in [6, 6.07) is 51.1. The number of halogens is 3. The number of amides is 6. The topological polar surface area (TPSA) is 359 Å². The smallest absolute Gasteiger partial charge is 0.317 e. The number of methoxy groups -OCH3 is 3. The SMILES string of the molecule is CNC(=O)[C@@]1(Cc2ccc(OCc3cccc(Cl)c3Cl)cc2)C[C@@H]1C(=O)NO.COC(=O)[C@@]1(Cc2ccc(OCc3ccccc3Cl)cc2)C[C@@H]1C(=O)NO.COC(=O)[C@]1(c2cccc(OCc3ccccc3)c2)C[C@H]1C(=O)NO.COc1cccc([C@]2(C(N)=O)C[C@@H]2C(=O)NO)c1. The molecule has 4 aliphatic carbocycles. The summed E-state index contributed by atoms with van der Waals surface area (Å²) in [5, 5.41) is 39.4. The fourth-order valence-electron chi connectivity index (χ4n) is 12.1. The zero-order chi connectivity index (χ0) is 71.0. The first-order chi connectivity index (χ1) is 47.1. The van der Waals surface area contributed by atoms with E-state index in [0.717, 1.165) is 27.8 Å². The monoisotopic (exact) mass is 1400 g/mol. The van der Waals surface area contributed by atoms with Crippen LogP contribution >= 0.6 is 34.8 Å². The average molecular weight is 1400 g/mol. The van der Waals surface area contributed by atoms with Crippen molar-refractivity contribution in [3.05, 3.63) is 224 Å². The van der Waals surface area contributed by atoms with E-state index >= 15 is 0 Å². The van der Waals surface area contributed by atoms with Crippen LogP contribution in [0.25, 0.3) is 0 Å². The quantitative estimate of drug-likeness (QED) is 0.0154. The summed E-state index contributed by atoms with van der Waals surface area (Å²) >= 11 is 18.3. The standard InChI is InChI=1S/C20H20Cl2N2O4.C20H20ClNO5.C19H19NO5.C12H14N2O4/c1-23-19(26)20(10-15(20)18(25)24-27)9-12-5-7-14(8-6-12)28-11-13-3-2-4-16(21)17(13)22;1-26-19(24)20(11-16(20)18(23)22-25)10-13-6-8-15(9-7-13)27-12-14-4-2-3-5-17(14)21;1-24-18(22)19(11-16(19)17(21)20-23)14-8-5-9-15(10-14)25-12-13-6-3-2-4-7-13;1-18-8-4-2-3-7(5-8)12(11(13)16)6-9(12)10(15)14-17/h2-8,15,27H,9-11H2,1H3,(H,23,26)(H,24,25);2-9,16,25H,10-12H2,1H3,(H,22,23);2-10,16,23H,11-12H2,1H3,(H,20,21);2-5,9,17H,6H2,1H3,(H2,13,16)(H,14,15)/t15-,20+;16-,20+;16-,19-;9-,12-/m1101/s1. The molecule has 4 saturated carbocycles. The van der Waals surface area contributed by atoms with Gasteiger partial charge in [0.25, 0.3) is 0 Å². The second-order valence-corrected chi connectivity index (χ2v) is 24.9.